The summed E-state index contributed by atoms with van der Waals surface area (Å²) >= 11 is 0. The standard InChI is InChI=1S/C26H25FN4O3S/c1-17-8-9-18(15-24(17)35(32,33)28-16-21-5-4-14-34-21)25-22-6-2-3-7-23(22)26(31-30-25)29-20-12-10-19(27)11-13-20/h2-3,6-13,15,21,28H,4-5,14,16H2,1H3,(H,29,31)/t21-/m0/s1. The van der Waals surface area contributed by atoms with Gasteiger partial charge >= 0.3 is 0 Å². The van der Waals surface area contributed by atoms with Crippen molar-refractivity contribution in [3.8, 4) is 11.3 Å². The maximum atomic E-state index is 13.3. The lowest BCUT2D eigenvalue weighted by molar-refractivity contribution is 0.114. The van der Waals surface area contributed by atoms with Crippen molar-refractivity contribution in [1.82, 2.24) is 14.9 Å². The van der Waals surface area contributed by atoms with Crippen LogP contribution >= 0.6 is 0 Å². The van der Waals surface area contributed by atoms with Crippen molar-refractivity contribution in [2.24, 2.45) is 0 Å². The Hall–Kier alpha value is -3.40. The summed E-state index contributed by atoms with van der Waals surface area (Å²) in [6.07, 6.45) is 1.70. The SMILES string of the molecule is Cc1ccc(-c2nnc(Nc3ccc(F)cc3)c3ccccc23)cc1S(=O)(=O)NC[C@@H]1CCCO1. The molecule has 180 valence electrons. The molecule has 1 saturated heterocycles. The molecule has 1 aromatic heterocycles. The Balaban J connectivity index is 1.50. The first-order valence-corrected chi connectivity index (χ1v) is 12.9. The molecule has 0 unspecified atom stereocenters. The quantitative estimate of drug-likeness (QED) is 0.379. The zero-order valence-electron chi connectivity index (χ0n) is 19.2. The molecule has 5 rings (SSSR count). The molecule has 0 aliphatic carbocycles. The predicted octanol–water partition coefficient (Wildman–Crippen LogP) is 4.95. The molecule has 1 aliphatic heterocycles. The Morgan fingerprint density at radius 3 is 2.54 bits per heavy atom. The minimum absolute atomic E-state index is 0.0933. The van der Waals surface area contributed by atoms with Crippen LogP contribution in [0, 0.1) is 12.7 Å². The van der Waals surface area contributed by atoms with Crippen molar-refractivity contribution in [1.29, 1.82) is 0 Å². The number of anilines is 2. The van der Waals surface area contributed by atoms with Crippen molar-refractivity contribution in [3.05, 3.63) is 78.1 Å². The van der Waals surface area contributed by atoms with Crippen molar-refractivity contribution in [2.45, 2.75) is 30.8 Å². The Morgan fingerprint density at radius 1 is 1.03 bits per heavy atom. The molecule has 2 N–H and O–H groups in total. The van der Waals surface area contributed by atoms with Gasteiger partial charge in [-0.15, -0.1) is 10.2 Å². The highest BCUT2D eigenvalue weighted by Gasteiger charge is 2.23. The topological polar surface area (TPSA) is 93.2 Å². The number of nitrogens with zero attached hydrogens (tertiary/aromatic N) is 2. The molecule has 1 atom stereocenters. The second kappa shape index (κ2) is 9.69. The van der Waals surface area contributed by atoms with Gasteiger partial charge in [-0.2, -0.15) is 0 Å². The van der Waals surface area contributed by atoms with Gasteiger partial charge in [-0.1, -0.05) is 36.4 Å². The fourth-order valence-electron chi connectivity index (χ4n) is 4.20. The molecule has 1 fully saturated rings. The Bertz CT molecular complexity index is 1470. The fourth-order valence-corrected chi connectivity index (χ4v) is 5.54. The number of benzene rings is 3. The van der Waals surface area contributed by atoms with Crippen molar-refractivity contribution < 1.29 is 17.5 Å². The summed E-state index contributed by atoms with van der Waals surface area (Å²) in [5.41, 5.74) is 2.53. The molecule has 0 bridgehead atoms. The molecule has 9 heteroatoms. The fraction of sp³-hybridized carbons (Fsp3) is 0.231. The molecule has 0 spiro atoms. The lowest BCUT2D eigenvalue weighted by atomic mass is 10.0. The van der Waals surface area contributed by atoms with Crippen molar-refractivity contribution in [2.75, 3.05) is 18.5 Å². The van der Waals surface area contributed by atoms with E-state index >= 15 is 0 Å². The van der Waals surface area contributed by atoms with E-state index in [-0.39, 0.29) is 23.4 Å². The summed E-state index contributed by atoms with van der Waals surface area (Å²) in [6.45, 7) is 2.68. The van der Waals surface area contributed by atoms with Crippen molar-refractivity contribution >= 4 is 32.3 Å². The molecule has 0 amide bonds. The first-order valence-electron chi connectivity index (χ1n) is 11.4. The van der Waals surface area contributed by atoms with Gasteiger partial charge in [-0.05, 0) is 55.7 Å². The smallest absolute Gasteiger partial charge is 0.240 e. The summed E-state index contributed by atoms with van der Waals surface area (Å²) < 4.78 is 47.7. The number of rotatable bonds is 7. The third-order valence-corrected chi connectivity index (χ3v) is 7.64. The van der Waals surface area contributed by atoms with Gasteiger partial charge in [0, 0.05) is 35.2 Å². The van der Waals surface area contributed by atoms with Crippen LogP contribution < -0.4 is 10.0 Å². The van der Waals surface area contributed by atoms with Gasteiger partial charge in [-0.3, -0.25) is 0 Å². The van der Waals surface area contributed by atoms with E-state index in [9.17, 15) is 12.8 Å². The summed E-state index contributed by atoms with van der Waals surface area (Å²) in [5, 5.41) is 13.6. The molecule has 4 aromatic rings. The van der Waals surface area contributed by atoms with E-state index in [0.717, 1.165) is 23.6 Å². The molecule has 35 heavy (non-hydrogen) atoms. The van der Waals surface area contributed by atoms with Crippen molar-refractivity contribution in [3.63, 3.8) is 0 Å². The molecule has 1 aliphatic rings. The lowest BCUT2D eigenvalue weighted by Gasteiger charge is -2.15. The normalized spacial score (nSPS) is 16.0. The number of hydrogen-bond acceptors (Lipinski definition) is 6. The van der Waals surface area contributed by atoms with E-state index in [1.807, 2.05) is 30.3 Å². The van der Waals surface area contributed by atoms with E-state index in [1.165, 1.54) is 12.1 Å². The molecular formula is C26H25FN4O3S. The van der Waals surface area contributed by atoms with E-state index in [2.05, 4.69) is 20.2 Å². The van der Waals surface area contributed by atoms with Gasteiger partial charge in [0.25, 0.3) is 0 Å². The van der Waals surface area contributed by atoms with Crippen LogP contribution in [-0.2, 0) is 14.8 Å². The third-order valence-electron chi connectivity index (χ3n) is 6.07. The summed E-state index contributed by atoms with van der Waals surface area (Å²) in [5.74, 6) is 0.200. The van der Waals surface area contributed by atoms with Crippen LogP contribution in [0.3, 0.4) is 0 Å². The molecule has 0 saturated carbocycles. The van der Waals surface area contributed by atoms with E-state index in [0.29, 0.717) is 34.9 Å². The van der Waals surface area contributed by atoms with Crippen LogP contribution in [0.15, 0.2) is 71.6 Å². The largest absolute Gasteiger partial charge is 0.377 e. The van der Waals surface area contributed by atoms with Crippen LogP contribution in [0.1, 0.15) is 18.4 Å². The number of fused-ring (bicyclic) bond motifs is 1. The summed E-state index contributed by atoms with van der Waals surface area (Å²) in [6, 6.07) is 18.9. The third kappa shape index (κ3) is 5.02. The number of nitrogens with one attached hydrogen (secondary N) is 2. The highest BCUT2D eigenvalue weighted by molar-refractivity contribution is 7.89. The van der Waals surface area contributed by atoms with Gasteiger partial charge in [0.05, 0.1) is 11.0 Å². The second-order valence-electron chi connectivity index (χ2n) is 8.54. The zero-order chi connectivity index (χ0) is 24.4. The summed E-state index contributed by atoms with van der Waals surface area (Å²) in [4.78, 5) is 0.201. The van der Waals surface area contributed by atoms with E-state index < -0.39 is 10.0 Å². The zero-order valence-corrected chi connectivity index (χ0v) is 20.0. The number of aryl methyl sites for hydroxylation is 1. The number of hydrogen-bond donors (Lipinski definition) is 2. The first-order chi connectivity index (χ1) is 16.9. The van der Waals surface area contributed by atoms with Crippen LogP contribution in [-0.4, -0.2) is 37.9 Å². The maximum absolute atomic E-state index is 13.3. The van der Waals surface area contributed by atoms with Crippen LogP contribution in [0.25, 0.3) is 22.0 Å². The average molecular weight is 493 g/mol. The van der Waals surface area contributed by atoms with E-state index in [1.54, 1.807) is 31.2 Å². The number of ether oxygens (including phenoxy) is 1. The Kier molecular flexibility index (Phi) is 6.46. The molecule has 7 nitrogen and oxygen atoms in total. The average Bonchev–Trinajstić information content (AvgIpc) is 3.39. The highest BCUT2D eigenvalue weighted by Crippen LogP contribution is 2.32. The molecule has 3 aromatic carbocycles. The highest BCUT2D eigenvalue weighted by atomic mass is 32.2. The van der Waals surface area contributed by atoms with Crippen LogP contribution in [0.4, 0.5) is 15.9 Å². The summed E-state index contributed by atoms with van der Waals surface area (Å²) in [7, 11) is -3.74. The Labute approximate surface area is 203 Å². The monoisotopic (exact) mass is 492 g/mol. The van der Waals surface area contributed by atoms with E-state index in [4.69, 9.17) is 4.74 Å². The Morgan fingerprint density at radius 2 is 1.80 bits per heavy atom. The molecule has 0 radical (unpaired) electrons. The van der Waals surface area contributed by atoms with Gasteiger partial charge < -0.3 is 10.1 Å². The van der Waals surface area contributed by atoms with Gasteiger partial charge in [0.1, 0.15) is 11.5 Å². The molecular weight excluding hydrogens is 467 g/mol. The van der Waals surface area contributed by atoms with Gasteiger partial charge in [0.2, 0.25) is 10.0 Å². The number of sulfonamides is 1. The molecule has 2 heterocycles. The van der Waals surface area contributed by atoms with Crippen LogP contribution in [0.5, 0.6) is 0 Å². The minimum Gasteiger partial charge on any atom is -0.377 e. The number of halogens is 1. The second-order valence-corrected chi connectivity index (χ2v) is 10.3. The van der Waals surface area contributed by atoms with Gasteiger partial charge in [0.15, 0.2) is 5.82 Å². The van der Waals surface area contributed by atoms with Crippen LogP contribution in [0.2, 0.25) is 0 Å². The number of aromatic nitrogens is 2. The maximum Gasteiger partial charge on any atom is 0.240 e. The minimum atomic E-state index is -3.74. The first kappa shape index (κ1) is 23.3. The predicted molar refractivity (Wildman–Crippen MR) is 134 cm³/mol. The lowest BCUT2D eigenvalue weighted by Crippen LogP contribution is -2.32. The van der Waals surface area contributed by atoms with Gasteiger partial charge in [-0.25, -0.2) is 17.5 Å².